The molecule has 0 heterocycles. The number of benzene rings is 3. The summed E-state index contributed by atoms with van der Waals surface area (Å²) in [6.45, 7) is 0. The van der Waals surface area contributed by atoms with Crippen LogP contribution in [0.5, 0.6) is 17.2 Å². The lowest BCUT2D eigenvalue weighted by molar-refractivity contribution is 0.0726. The number of carbonyl (C=O) groups is 1. The van der Waals surface area contributed by atoms with Crippen molar-refractivity contribution in [2.24, 2.45) is 0 Å². The average Bonchev–Trinajstić information content (AvgIpc) is 2.73. The number of hydrogen-bond donors (Lipinski definition) is 0. The number of para-hydroxylation sites is 1. The fraction of sp³-hybridized carbons (Fsp3) is 0.0870. The minimum Gasteiger partial charge on any atom is -0.496 e. The van der Waals surface area contributed by atoms with Crippen molar-refractivity contribution in [2.75, 3.05) is 14.2 Å². The first-order chi connectivity index (χ1) is 13.2. The Bertz CT molecular complexity index is 946. The van der Waals surface area contributed by atoms with E-state index in [1.165, 1.54) is 7.11 Å². The molecule has 27 heavy (non-hydrogen) atoms. The highest BCUT2D eigenvalue weighted by Gasteiger charge is 2.16. The van der Waals surface area contributed by atoms with E-state index >= 15 is 0 Å². The van der Waals surface area contributed by atoms with Crippen LogP contribution in [0.25, 0.3) is 12.2 Å². The second-order valence-corrected chi connectivity index (χ2v) is 5.74. The van der Waals surface area contributed by atoms with Crippen molar-refractivity contribution >= 4 is 18.1 Å². The van der Waals surface area contributed by atoms with Crippen LogP contribution in [0.3, 0.4) is 0 Å². The number of esters is 1. The molecule has 0 atom stereocenters. The maximum absolute atomic E-state index is 12.5. The van der Waals surface area contributed by atoms with Crippen LogP contribution in [-0.2, 0) is 0 Å². The molecule has 0 amide bonds. The molecule has 3 aromatic rings. The van der Waals surface area contributed by atoms with Crippen LogP contribution >= 0.6 is 0 Å². The summed E-state index contributed by atoms with van der Waals surface area (Å²) in [6, 6.07) is 22.3. The minimum absolute atomic E-state index is 0.352. The van der Waals surface area contributed by atoms with Crippen LogP contribution in [0.4, 0.5) is 0 Å². The van der Waals surface area contributed by atoms with Crippen molar-refractivity contribution in [3.05, 3.63) is 89.5 Å². The van der Waals surface area contributed by atoms with Crippen LogP contribution in [0.2, 0.25) is 0 Å². The fourth-order valence-electron chi connectivity index (χ4n) is 2.60. The average molecular weight is 360 g/mol. The molecule has 0 spiro atoms. The van der Waals surface area contributed by atoms with Gasteiger partial charge in [-0.25, -0.2) is 4.79 Å². The molecule has 3 rings (SSSR count). The first-order valence-corrected chi connectivity index (χ1v) is 8.47. The molecular weight excluding hydrogens is 340 g/mol. The van der Waals surface area contributed by atoms with Gasteiger partial charge in [-0.1, -0.05) is 60.7 Å². The molecule has 0 aliphatic heterocycles. The lowest BCUT2D eigenvalue weighted by Gasteiger charge is -2.11. The SMILES string of the molecule is COc1cc(/C=C/c2ccccc2)ccc1OC(=O)c1ccccc1OC. The largest absolute Gasteiger partial charge is 0.496 e. The van der Waals surface area contributed by atoms with Gasteiger partial charge in [0, 0.05) is 0 Å². The Kier molecular flexibility index (Phi) is 5.90. The zero-order valence-corrected chi connectivity index (χ0v) is 15.2. The quantitative estimate of drug-likeness (QED) is 0.349. The van der Waals surface area contributed by atoms with Crippen LogP contribution in [0, 0.1) is 0 Å². The van der Waals surface area contributed by atoms with Gasteiger partial charge in [0.1, 0.15) is 11.3 Å². The molecule has 0 N–H and O–H groups in total. The molecule has 0 aliphatic rings. The number of methoxy groups -OCH3 is 2. The number of ether oxygens (including phenoxy) is 3. The van der Waals surface area contributed by atoms with Gasteiger partial charge in [0.15, 0.2) is 11.5 Å². The zero-order valence-electron chi connectivity index (χ0n) is 15.2. The molecule has 136 valence electrons. The van der Waals surface area contributed by atoms with E-state index in [2.05, 4.69) is 0 Å². The van der Waals surface area contributed by atoms with Crippen molar-refractivity contribution in [3.63, 3.8) is 0 Å². The van der Waals surface area contributed by atoms with E-state index in [1.54, 1.807) is 37.4 Å². The lowest BCUT2D eigenvalue weighted by Crippen LogP contribution is -2.10. The van der Waals surface area contributed by atoms with Crippen LogP contribution in [-0.4, -0.2) is 20.2 Å². The molecule has 0 bridgehead atoms. The minimum atomic E-state index is -0.502. The zero-order chi connectivity index (χ0) is 19.1. The Morgan fingerprint density at radius 2 is 1.37 bits per heavy atom. The third kappa shape index (κ3) is 4.55. The first kappa shape index (κ1) is 18.3. The van der Waals surface area contributed by atoms with Gasteiger partial charge in [-0.05, 0) is 35.4 Å². The Hall–Kier alpha value is -3.53. The van der Waals surface area contributed by atoms with Crippen molar-refractivity contribution in [3.8, 4) is 17.2 Å². The van der Waals surface area contributed by atoms with Gasteiger partial charge in [0.05, 0.1) is 14.2 Å². The number of carbonyl (C=O) groups excluding carboxylic acids is 1. The molecule has 4 nitrogen and oxygen atoms in total. The Balaban J connectivity index is 1.80. The Morgan fingerprint density at radius 3 is 2.11 bits per heavy atom. The topological polar surface area (TPSA) is 44.8 Å². The lowest BCUT2D eigenvalue weighted by atomic mass is 10.1. The fourth-order valence-corrected chi connectivity index (χ4v) is 2.60. The van der Waals surface area contributed by atoms with Gasteiger partial charge in [0.2, 0.25) is 0 Å². The highest BCUT2D eigenvalue weighted by Crippen LogP contribution is 2.30. The summed E-state index contributed by atoms with van der Waals surface area (Å²) in [6.07, 6.45) is 3.99. The summed E-state index contributed by atoms with van der Waals surface area (Å²) in [4.78, 5) is 12.5. The van der Waals surface area contributed by atoms with Gasteiger partial charge < -0.3 is 14.2 Å². The normalized spacial score (nSPS) is 10.6. The Morgan fingerprint density at radius 1 is 0.704 bits per heavy atom. The number of rotatable bonds is 6. The summed E-state index contributed by atoms with van der Waals surface area (Å²) in [5.74, 6) is 0.793. The predicted molar refractivity (Wildman–Crippen MR) is 106 cm³/mol. The molecule has 0 aliphatic carbocycles. The summed E-state index contributed by atoms with van der Waals surface area (Å²) in [5.41, 5.74) is 2.39. The Labute approximate surface area is 158 Å². The van der Waals surface area contributed by atoms with Crippen molar-refractivity contribution in [2.45, 2.75) is 0 Å². The van der Waals surface area contributed by atoms with Crippen LogP contribution in [0.1, 0.15) is 21.5 Å². The molecule has 0 fully saturated rings. The summed E-state index contributed by atoms with van der Waals surface area (Å²) < 4.78 is 16.1. The maximum atomic E-state index is 12.5. The molecule has 0 saturated heterocycles. The van der Waals surface area contributed by atoms with Gasteiger partial charge in [-0.3, -0.25) is 0 Å². The standard InChI is InChI=1S/C23H20O4/c1-25-20-11-7-6-10-19(20)23(24)27-21-15-14-18(16-22(21)26-2)13-12-17-8-4-3-5-9-17/h3-16H,1-2H3/b13-12+. The smallest absolute Gasteiger partial charge is 0.347 e. The van der Waals surface area contributed by atoms with E-state index < -0.39 is 5.97 Å². The van der Waals surface area contributed by atoms with Gasteiger partial charge in [-0.15, -0.1) is 0 Å². The first-order valence-electron chi connectivity index (χ1n) is 8.47. The van der Waals surface area contributed by atoms with E-state index in [0.29, 0.717) is 22.8 Å². The third-order valence-electron chi connectivity index (χ3n) is 3.99. The molecule has 3 aromatic carbocycles. The summed E-state index contributed by atoms with van der Waals surface area (Å²) >= 11 is 0. The van der Waals surface area contributed by atoms with Crippen molar-refractivity contribution in [1.82, 2.24) is 0 Å². The van der Waals surface area contributed by atoms with E-state index in [9.17, 15) is 4.79 Å². The number of hydrogen-bond acceptors (Lipinski definition) is 4. The third-order valence-corrected chi connectivity index (χ3v) is 3.99. The van der Waals surface area contributed by atoms with E-state index in [4.69, 9.17) is 14.2 Å². The second kappa shape index (κ2) is 8.72. The van der Waals surface area contributed by atoms with Gasteiger partial charge in [-0.2, -0.15) is 0 Å². The molecule has 0 saturated carbocycles. The van der Waals surface area contributed by atoms with E-state index in [-0.39, 0.29) is 0 Å². The van der Waals surface area contributed by atoms with Crippen molar-refractivity contribution in [1.29, 1.82) is 0 Å². The molecule has 4 heteroatoms. The molecular formula is C23H20O4. The highest BCUT2D eigenvalue weighted by atomic mass is 16.6. The molecule has 0 aromatic heterocycles. The monoisotopic (exact) mass is 360 g/mol. The van der Waals surface area contributed by atoms with Crippen molar-refractivity contribution < 1.29 is 19.0 Å². The van der Waals surface area contributed by atoms with Gasteiger partial charge >= 0.3 is 5.97 Å². The molecule has 0 unspecified atom stereocenters. The summed E-state index contributed by atoms with van der Waals surface area (Å²) in [5, 5.41) is 0. The van der Waals surface area contributed by atoms with Crippen LogP contribution in [0.15, 0.2) is 72.8 Å². The van der Waals surface area contributed by atoms with E-state index in [0.717, 1.165) is 11.1 Å². The van der Waals surface area contributed by atoms with E-state index in [1.807, 2.05) is 54.6 Å². The molecule has 0 radical (unpaired) electrons. The predicted octanol–water partition coefficient (Wildman–Crippen LogP) is 5.09. The van der Waals surface area contributed by atoms with Crippen LogP contribution < -0.4 is 14.2 Å². The highest BCUT2D eigenvalue weighted by molar-refractivity contribution is 5.94. The summed E-state index contributed by atoms with van der Waals surface area (Å²) in [7, 11) is 3.06. The van der Waals surface area contributed by atoms with Gasteiger partial charge in [0.25, 0.3) is 0 Å². The maximum Gasteiger partial charge on any atom is 0.347 e. The second-order valence-electron chi connectivity index (χ2n) is 5.74.